The van der Waals surface area contributed by atoms with E-state index in [1.807, 2.05) is 6.92 Å². The first kappa shape index (κ1) is 12.4. The van der Waals surface area contributed by atoms with Crippen LogP contribution in [0.3, 0.4) is 0 Å². The second-order valence-electron chi connectivity index (χ2n) is 3.62. The van der Waals surface area contributed by atoms with Gasteiger partial charge in [0.2, 0.25) is 5.88 Å². The van der Waals surface area contributed by atoms with E-state index < -0.39 is 5.82 Å². The summed E-state index contributed by atoms with van der Waals surface area (Å²) in [6.45, 7) is 2.40. The third-order valence-electron chi connectivity index (χ3n) is 2.47. The maximum Gasteiger partial charge on any atom is 0.213 e. The molecule has 2 rings (SSSR count). The van der Waals surface area contributed by atoms with Crippen LogP contribution in [0, 0.1) is 5.82 Å². The Kier molecular flexibility index (Phi) is 3.77. The number of ether oxygens (including phenoxy) is 2. The molecule has 94 valence electrons. The highest BCUT2D eigenvalue weighted by Gasteiger charge is 2.11. The monoisotopic (exact) mass is 247 g/mol. The van der Waals surface area contributed by atoms with Crippen LogP contribution >= 0.6 is 0 Å². The van der Waals surface area contributed by atoms with Gasteiger partial charge in [0.1, 0.15) is 0 Å². The van der Waals surface area contributed by atoms with E-state index in [4.69, 9.17) is 9.47 Å². The number of rotatable bonds is 4. The van der Waals surface area contributed by atoms with Crippen LogP contribution in [0.5, 0.6) is 11.6 Å². The quantitative estimate of drug-likeness (QED) is 0.830. The molecule has 0 radical (unpaired) electrons. The molecule has 18 heavy (non-hydrogen) atoms. The molecule has 0 N–H and O–H groups in total. The summed E-state index contributed by atoms with van der Waals surface area (Å²) >= 11 is 0. The fraction of sp³-hybridized carbons (Fsp3) is 0.214. The van der Waals surface area contributed by atoms with Crippen molar-refractivity contribution in [1.82, 2.24) is 4.98 Å². The van der Waals surface area contributed by atoms with Gasteiger partial charge in [-0.1, -0.05) is 12.1 Å². The minimum Gasteiger partial charge on any atom is -0.494 e. The van der Waals surface area contributed by atoms with Crippen LogP contribution in [0.4, 0.5) is 4.39 Å². The summed E-state index contributed by atoms with van der Waals surface area (Å²) in [5.74, 6) is 0.273. The number of benzene rings is 1. The predicted octanol–water partition coefficient (Wildman–Crippen LogP) is 3.30. The van der Waals surface area contributed by atoms with Gasteiger partial charge in [0.25, 0.3) is 0 Å². The van der Waals surface area contributed by atoms with Gasteiger partial charge >= 0.3 is 0 Å². The number of hydrogen-bond donors (Lipinski definition) is 0. The van der Waals surface area contributed by atoms with E-state index in [9.17, 15) is 4.39 Å². The number of aromatic nitrogens is 1. The molecule has 3 nitrogen and oxygen atoms in total. The molecule has 4 heteroatoms. The lowest BCUT2D eigenvalue weighted by atomic mass is 10.1. The molecule has 0 bridgehead atoms. The number of halogens is 1. The third-order valence-corrected chi connectivity index (χ3v) is 2.47. The average molecular weight is 247 g/mol. The average Bonchev–Trinajstić information content (AvgIpc) is 2.40. The van der Waals surface area contributed by atoms with Crippen molar-refractivity contribution in [3.63, 3.8) is 0 Å². The highest BCUT2D eigenvalue weighted by atomic mass is 19.1. The molecule has 0 fully saturated rings. The Balaban J connectivity index is 2.45. The van der Waals surface area contributed by atoms with Gasteiger partial charge in [-0.3, -0.25) is 0 Å². The first-order valence-corrected chi connectivity index (χ1v) is 5.69. The highest BCUT2D eigenvalue weighted by molar-refractivity contribution is 5.62. The fourth-order valence-electron chi connectivity index (χ4n) is 1.66. The lowest BCUT2D eigenvalue weighted by Crippen LogP contribution is -1.97. The van der Waals surface area contributed by atoms with Gasteiger partial charge in [-0.15, -0.1) is 0 Å². The first-order valence-electron chi connectivity index (χ1n) is 5.69. The van der Waals surface area contributed by atoms with E-state index in [2.05, 4.69) is 4.98 Å². The SMILES string of the molecule is CCOc1cccc(-c2cccc(OC)c2F)n1. The summed E-state index contributed by atoms with van der Waals surface area (Å²) in [6, 6.07) is 10.2. The van der Waals surface area contributed by atoms with Crippen molar-refractivity contribution in [3.05, 3.63) is 42.2 Å². The third kappa shape index (κ3) is 2.42. The molecule has 0 unspecified atom stereocenters. The first-order chi connectivity index (χ1) is 8.76. The Morgan fingerprint density at radius 2 is 1.94 bits per heavy atom. The predicted molar refractivity (Wildman–Crippen MR) is 67.4 cm³/mol. The van der Waals surface area contributed by atoms with Crippen LogP contribution < -0.4 is 9.47 Å². The standard InChI is InChI=1S/C14H14FNO2/c1-3-18-13-9-5-7-11(16-13)10-6-4-8-12(17-2)14(10)15/h4-9H,3H2,1-2H3. The summed E-state index contributed by atoms with van der Waals surface area (Å²) in [5.41, 5.74) is 0.924. The molecule has 2 aromatic rings. The highest BCUT2D eigenvalue weighted by Crippen LogP contribution is 2.28. The summed E-state index contributed by atoms with van der Waals surface area (Å²) in [7, 11) is 1.44. The van der Waals surface area contributed by atoms with Crippen LogP contribution in [0.25, 0.3) is 11.3 Å². The molecule has 1 aromatic carbocycles. The number of pyridine rings is 1. The van der Waals surface area contributed by atoms with E-state index in [1.165, 1.54) is 7.11 Å². The molecule has 0 spiro atoms. The zero-order chi connectivity index (χ0) is 13.0. The zero-order valence-corrected chi connectivity index (χ0v) is 10.3. The van der Waals surface area contributed by atoms with E-state index in [-0.39, 0.29) is 5.75 Å². The van der Waals surface area contributed by atoms with Crippen molar-refractivity contribution in [2.75, 3.05) is 13.7 Å². The normalized spacial score (nSPS) is 10.2. The van der Waals surface area contributed by atoms with E-state index >= 15 is 0 Å². The lowest BCUT2D eigenvalue weighted by molar-refractivity contribution is 0.327. The summed E-state index contributed by atoms with van der Waals surface area (Å²) in [6.07, 6.45) is 0. The van der Waals surface area contributed by atoms with Crippen molar-refractivity contribution >= 4 is 0 Å². The van der Waals surface area contributed by atoms with Crippen molar-refractivity contribution in [3.8, 4) is 22.9 Å². The molecular formula is C14H14FNO2. The second-order valence-corrected chi connectivity index (χ2v) is 3.62. The molecule has 0 aliphatic heterocycles. The van der Waals surface area contributed by atoms with Crippen LogP contribution in [-0.2, 0) is 0 Å². The topological polar surface area (TPSA) is 31.4 Å². The number of hydrogen-bond acceptors (Lipinski definition) is 3. The van der Waals surface area contributed by atoms with Gasteiger partial charge in [0.15, 0.2) is 11.6 Å². The summed E-state index contributed by atoms with van der Waals surface area (Å²) in [4.78, 5) is 4.25. The maximum absolute atomic E-state index is 14.1. The maximum atomic E-state index is 14.1. The molecule has 0 aliphatic carbocycles. The van der Waals surface area contributed by atoms with Gasteiger partial charge in [0, 0.05) is 11.6 Å². The Hall–Kier alpha value is -2.10. The Labute approximate surface area is 105 Å². The molecular weight excluding hydrogens is 233 g/mol. The molecule has 1 aromatic heterocycles. The van der Waals surface area contributed by atoms with Crippen LogP contribution in [0.2, 0.25) is 0 Å². The van der Waals surface area contributed by atoms with Crippen molar-refractivity contribution in [2.24, 2.45) is 0 Å². The molecule has 1 heterocycles. The van der Waals surface area contributed by atoms with Crippen LogP contribution in [0.15, 0.2) is 36.4 Å². The zero-order valence-electron chi connectivity index (χ0n) is 10.3. The van der Waals surface area contributed by atoms with Gasteiger partial charge in [0.05, 0.1) is 19.4 Å². The molecule has 0 saturated carbocycles. The van der Waals surface area contributed by atoms with Crippen molar-refractivity contribution < 1.29 is 13.9 Å². The Morgan fingerprint density at radius 3 is 2.67 bits per heavy atom. The van der Waals surface area contributed by atoms with Crippen LogP contribution in [0.1, 0.15) is 6.92 Å². The summed E-state index contributed by atoms with van der Waals surface area (Å²) < 4.78 is 24.3. The fourth-order valence-corrected chi connectivity index (χ4v) is 1.66. The lowest BCUT2D eigenvalue weighted by Gasteiger charge is -2.08. The number of methoxy groups -OCH3 is 1. The van der Waals surface area contributed by atoms with Crippen molar-refractivity contribution in [1.29, 1.82) is 0 Å². The second kappa shape index (κ2) is 5.49. The van der Waals surface area contributed by atoms with Crippen molar-refractivity contribution in [2.45, 2.75) is 6.92 Å². The van der Waals surface area contributed by atoms with Gasteiger partial charge < -0.3 is 9.47 Å². The molecule has 0 atom stereocenters. The van der Waals surface area contributed by atoms with E-state index in [0.717, 1.165) is 0 Å². The van der Waals surface area contributed by atoms with E-state index in [1.54, 1.807) is 36.4 Å². The Bertz CT molecular complexity index is 543. The molecule has 0 aliphatic rings. The number of nitrogens with zero attached hydrogens (tertiary/aromatic N) is 1. The molecule has 0 saturated heterocycles. The van der Waals surface area contributed by atoms with Gasteiger partial charge in [-0.2, -0.15) is 0 Å². The van der Waals surface area contributed by atoms with E-state index in [0.29, 0.717) is 23.7 Å². The minimum absolute atomic E-state index is 0.205. The summed E-state index contributed by atoms with van der Waals surface area (Å²) in [5, 5.41) is 0. The smallest absolute Gasteiger partial charge is 0.213 e. The van der Waals surface area contributed by atoms with Gasteiger partial charge in [-0.25, -0.2) is 9.37 Å². The molecule has 0 amide bonds. The largest absolute Gasteiger partial charge is 0.494 e. The Morgan fingerprint density at radius 1 is 1.17 bits per heavy atom. The van der Waals surface area contributed by atoms with Crippen LogP contribution in [-0.4, -0.2) is 18.7 Å². The minimum atomic E-state index is -0.416. The van der Waals surface area contributed by atoms with Gasteiger partial charge in [-0.05, 0) is 25.1 Å².